The van der Waals surface area contributed by atoms with Crippen LogP contribution < -0.4 is 0 Å². The Bertz CT molecular complexity index is 82.5. The van der Waals surface area contributed by atoms with Crippen molar-refractivity contribution in [2.75, 3.05) is 6.54 Å². The van der Waals surface area contributed by atoms with E-state index >= 15 is 0 Å². The highest BCUT2D eigenvalue weighted by molar-refractivity contribution is 5.78. The van der Waals surface area contributed by atoms with Crippen LogP contribution in [0.2, 0.25) is 0 Å². The van der Waals surface area contributed by atoms with Crippen molar-refractivity contribution in [1.82, 2.24) is 5.06 Å². The molecule has 1 radical (unpaired) electrons. The fourth-order valence-electron chi connectivity index (χ4n) is 0.337. The third kappa shape index (κ3) is 2.58. The van der Waals surface area contributed by atoms with Crippen LogP contribution in [0.3, 0.4) is 0 Å². The molecular weight excluding hydrogens is 106 g/mol. The smallest absolute Gasteiger partial charge is 0.246 e. The van der Waals surface area contributed by atoms with Crippen molar-refractivity contribution in [3.05, 3.63) is 6.92 Å². The number of rotatable bonds is 2. The number of nitrogens with zero attached hydrogens (tertiary/aromatic N) is 1. The average Bonchev–Trinajstić information content (AvgIpc) is 1.67. The summed E-state index contributed by atoms with van der Waals surface area (Å²) < 4.78 is 0. The minimum atomic E-state index is -0.549. The molecular formula is C5H10NO2. The van der Waals surface area contributed by atoms with Crippen molar-refractivity contribution in [3.8, 4) is 0 Å². The van der Waals surface area contributed by atoms with Gasteiger partial charge < -0.3 is 0 Å². The summed E-state index contributed by atoms with van der Waals surface area (Å²) in [7, 11) is 0. The normalized spacial score (nSPS) is 8.88. The van der Waals surface area contributed by atoms with Crippen LogP contribution in [-0.4, -0.2) is 22.7 Å². The van der Waals surface area contributed by atoms with Gasteiger partial charge in [0.05, 0.1) is 0 Å². The molecule has 0 heterocycles. The van der Waals surface area contributed by atoms with Gasteiger partial charge in [0, 0.05) is 13.5 Å². The molecule has 3 heteroatoms. The highest BCUT2D eigenvalue weighted by Gasteiger charge is 1.99. The van der Waals surface area contributed by atoms with Gasteiger partial charge in [-0.3, -0.25) is 10.0 Å². The molecule has 47 valence electrons. The van der Waals surface area contributed by atoms with E-state index in [0.717, 1.165) is 6.42 Å². The number of hydrogen-bond donors (Lipinski definition) is 1. The van der Waals surface area contributed by atoms with E-state index in [9.17, 15) is 4.79 Å². The SMILES string of the molecule is [CH2]C(=O)N(O)CCC. The summed E-state index contributed by atoms with van der Waals surface area (Å²) >= 11 is 0. The summed E-state index contributed by atoms with van der Waals surface area (Å²) in [5.41, 5.74) is 0. The monoisotopic (exact) mass is 116 g/mol. The fourth-order valence-corrected chi connectivity index (χ4v) is 0.337. The molecule has 0 saturated heterocycles. The molecule has 0 atom stereocenters. The van der Waals surface area contributed by atoms with Gasteiger partial charge in [0.2, 0.25) is 5.91 Å². The molecule has 0 aliphatic rings. The third-order valence-electron chi connectivity index (χ3n) is 0.723. The standard InChI is InChI=1S/C5H10NO2/c1-3-4-6(8)5(2)7/h8H,2-4H2,1H3. The molecule has 0 unspecified atom stereocenters. The van der Waals surface area contributed by atoms with E-state index in [1.807, 2.05) is 6.92 Å². The van der Waals surface area contributed by atoms with Gasteiger partial charge in [0.15, 0.2) is 0 Å². The van der Waals surface area contributed by atoms with Gasteiger partial charge >= 0.3 is 0 Å². The molecule has 0 spiro atoms. The second-order valence-corrected chi connectivity index (χ2v) is 1.52. The van der Waals surface area contributed by atoms with Crippen LogP contribution in [0.5, 0.6) is 0 Å². The lowest BCUT2D eigenvalue weighted by Crippen LogP contribution is -2.25. The Morgan fingerprint density at radius 1 is 1.88 bits per heavy atom. The van der Waals surface area contributed by atoms with Crippen molar-refractivity contribution in [2.45, 2.75) is 13.3 Å². The highest BCUT2D eigenvalue weighted by atomic mass is 16.5. The van der Waals surface area contributed by atoms with Gasteiger partial charge in [-0.1, -0.05) is 6.92 Å². The first-order valence-electron chi connectivity index (χ1n) is 2.50. The quantitative estimate of drug-likeness (QED) is 0.420. The summed E-state index contributed by atoms with van der Waals surface area (Å²) in [6.45, 7) is 5.22. The highest BCUT2D eigenvalue weighted by Crippen LogP contribution is 1.83. The van der Waals surface area contributed by atoms with E-state index in [0.29, 0.717) is 11.6 Å². The summed E-state index contributed by atoms with van der Waals surface area (Å²) in [5.74, 6) is -0.549. The van der Waals surface area contributed by atoms with Crippen LogP contribution in [-0.2, 0) is 4.79 Å². The minimum Gasteiger partial charge on any atom is -0.286 e. The molecule has 0 aliphatic carbocycles. The van der Waals surface area contributed by atoms with Crippen LogP contribution in [0.25, 0.3) is 0 Å². The molecule has 3 nitrogen and oxygen atoms in total. The maximum absolute atomic E-state index is 10.1. The summed E-state index contributed by atoms with van der Waals surface area (Å²) in [5, 5.41) is 9.14. The molecule has 0 aliphatic heterocycles. The average molecular weight is 116 g/mol. The zero-order chi connectivity index (χ0) is 6.57. The molecule has 0 fully saturated rings. The molecule has 0 aromatic carbocycles. The van der Waals surface area contributed by atoms with Crippen LogP contribution in [0, 0.1) is 6.92 Å². The Hall–Kier alpha value is -0.570. The lowest BCUT2D eigenvalue weighted by Gasteiger charge is -2.08. The van der Waals surface area contributed by atoms with Crippen molar-refractivity contribution in [3.63, 3.8) is 0 Å². The van der Waals surface area contributed by atoms with E-state index in [2.05, 4.69) is 6.92 Å². The van der Waals surface area contributed by atoms with Crippen molar-refractivity contribution in [2.24, 2.45) is 0 Å². The Balaban J connectivity index is 3.32. The van der Waals surface area contributed by atoms with Gasteiger partial charge in [-0.05, 0) is 6.42 Å². The summed E-state index contributed by atoms with van der Waals surface area (Å²) in [6.07, 6.45) is 0.748. The Kier molecular flexibility index (Phi) is 3.19. The second kappa shape index (κ2) is 3.43. The zero-order valence-corrected chi connectivity index (χ0v) is 4.92. The number of amides is 1. The zero-order valence-electron chi connectivity index (χ0n) is 4.92. The predicted molar refractivity (Wildman–Crippen MR) is 29.1 cm³/mol. The minimum absolute atomic E-state index is 0.363. The maximum Gasteiger partial charge on any atom is 0.246 e. The van der Waals surface area contributed by atoms with Gasteiger partial charge in [-0.2, -0.15) is 0 Å². The molecule has 0 bridgehead atoms. The Morgan fingerprint density at radius 3 is 2.50 bits per heavy atom. The van der Waals surface area contributed by atoms with Crippen LogP contribution in [0.4, 0.5) is 0 Å². The lowest BCUT2D eigenvalue weighted by atomic mass is 10.5. The summed E-state index contributed by atoms with van der Waals surface area (Å²) in [6, 6.07) is 0. The van der Waals surface area contributed by atoms with Crippen molar-refractivity contribution in [1.29, 1.82) is 0 Å². The van der Waals surface area contributed by atoms with E-state index in [-0.39, 0.29) is 0 Å². The molecule has 0 aromatic rings. The van der Waals surface area contributed by atoms with E-state index in [1.54, 1.807) is 0 Å². The number of hydroxylamine groups is 2. The number of carbonyl (C=O) groups is 1. The largest absolute Gasteiger partial charge is 0.286 e. The van der Waals surface area contributed by atoms with Crippen LogP contribution >= 0.6 is 0 Å². The number of hydrogen-bond acceptors (Lipinski definition) is 2. The fraction of sp³-hybridized carbons (Fsp3) is 0.600. The van der Waals surface area contributed by atoms with Crippen LogP contribution in [0.15, 0.2) is 0 Å². The molecule has 0 aromatic heterocycles. The first kappa shape index (κ1) is 7.43. The van der Waals surface area contributed by atoms with Crippen LogP contribution in [0.1, 0.15) is 13.3 Å². The topological polar surface area (TPSA) is 40.5 Å². The number of carbonyl (C=O) groups excluding carboxylic acids is 1. The van der Waals surface area contributed by atoms with Crippen molar-refractivity contribution >= 4 is 5.91 Å². The first-order valence-corrected chi connectivity index (χ1v) is 2.50. The molecule has 0 saturated carbocycles. The van der Waals surface area contributed by atoms with Gasteiger partial charge in [0.25, 0.3) is 0 Å². The van der Waals surface area contributed by atoms with Gasteiger partial charge in [-0.25, -0.2) is 5.06 Å². The van der Waals surface area contributed by atoms with Gasteiger partial charge in [-0.15, -0.1) is 0 Å². The molecule has 0 rings (SSSR count). The molecule has 1 N–H and O–H groups in total. The first-order chi connectivity index (χ1) is 3.68. The third-order valence-corrected chi connectivity index (χ3v) is 0.723. The lowest BCUT2D eigenvalue weighted by molar-refractivity contribution is -0.159. The summed E-state index contributed by atoms with van der Waals surface area (Å²) in [4.78, 5) is 10.1. The Morgan fingerprint density at radius 2 is 2.38 bits per heavy atom. The Labute approximate surface area is 48.9 Å². The van der Waals surface area contributed by atoms with Crippen molar-refractivity contribution < 1.29 is 10.0 Å². The second-order valence-electron chi connectivity index (χ2n) is 1.52. The van der Waals surface area contributed by atoms with Gasteiger partial charge in [0.1, 0.15) is 0 Å². The maximum atomic E-state index is 10.1. The van der Waals surface area contributed by atoms with E-state index in [4.69, 9.17) is 5.21 Å². The predicted octanol–water partition coefficient (Wildman–Crippen LogP) is 0.448. The molecule has 1 amide bonds. The van der Waals surface area contributed by atoms with E-state index in [1.165, 1.54) is 0 Å². The molecule has 8 heavy (non-hydrogen) atoms. The van der Waals surface area contributed by atoms with E-state index < -0.39 is 5.91 Å².